The van der Waals surface area contributed by atoms with Crippen molar-refractivity contribution in [2.24, 2.45) is 7.05 Å². The molecule has 0 saturated carbocycles. The van der Waals surface area contributed by atoms with E-state index in [-0.39, 0.29) is 10.7 Å². The fourth-order valence-electron chi connectivity index (χ4n) is 1.67. The monoisotopic (exact) mass is 300 g/mol. The van der Waals surface area contributed by atoms with Crippen molar-refractivity contribution < 1.29 is 8.42 Å². The third-order valence-corrected chi connectivity index (χ3v) is 4.47. The first-order valence-electron chi connectivity index (χ1n) is 5.39. The van der Waals surface area contributed by atoms with Crippen molar-refractivity contribution in [3.05, 3.63) is 35.0 Å². The molecule has 0 saturated heterocycles. The highest BCUT2D eigenvalue weighted by Gasteiger charge is 2.24. The van der Waals surface area contributed by atoms with Gasteiger partial charge in [-0.3, -0.25) is 9.40 Å². The minimum absolute atomic E-state index is 0.00931. The number of halogens is 1. The van der Waals surface area contributed by atoms with E-state index >= 15 is 0 Å². The number of benzene rings is 1. The summed E-state index contributed by atoms with van der Waals surface area (Å²) in [7, 11) is -2.14. The normalized spacial score (nSPS) is 11.5. The molecular weight excluding hydrogens is 288 g/mol. The largest absolute Gasteiger partial charge is 0.381 e. The van der Waals surface area contributed by atoms with Gasteiger partial charge in [-0.2, -0.15) is 5.10 Å². The van der Waals surface area contributed by atoms with Gasteiger partial charge in [-0.05, 0) is 31.2 Å². The first-order chi connectivity index (χ1) is 8.81. The Morgan fingerprint density at radius 3 is 2.37 bits per heavy atom. The Labute approximate surface area is 116 Å². The number of hydrogen-bond donors (Lipinski definition) is 2. The molecule has 0 spiro atoms. The van der Waals surface area contributed by atoms with Crippen LogP contribution >= 0.6 is 11.6 Å². The summed E-state index contributed by atoms with van der Waals surface area (Å²) in [5.74, 6) is -0.0264. The molecule has 0 aliphatic rings. The topological polar surface area (TPSA) is 90.0 Å². The molecule has 2 rings (SSSR count). The van der Waals surface area contributed by atoms with Gasteiger partial charge < -0.3 is 5.73 Å². The van der Waals surface area contributed by atoms with Crippen molar-refractivity contribution in [3.63, 3.8) is 0 Å². The van der Waals surface area contributed by atoms with Crippen molar-refractivity contribution in [2.75, 3.05) is 10.5 Å². The average Bonchev–Trinajstić information content (AvgIpc) is 2.56. The third-order valence-electron chi connectivity index (χ3n) is 2.67. The van der Waals surface area contributed by atoms with Crippen LogP contribution in [0.15, 0.2) is 29.2 Å². The molecule has 19 heavy (non-hydrogen) atoms. The van der Waals surface area contributed by atoms with E-state index in [0.29, 0.717) is 16.4 Å². The number of anilines is 2. The van der Waals surface area contributed by atoms with Crippen LogP contribution in [0.2, 0.25) is 5.02 Å². The summed E-state index contributed by atoms with van der Waals surface area (Å²) >= 11 is 5.74. The third kappa shape index (κ3) is 2.66. The predicted octanol–water partition coefficient (Wildman–Crippen LogP) is 1.76. The lowest BCUT2D eigenvalue weighted by atomic mass is 10.3. The summed E-state index contributed by atoms with van der Waals surface area (Å²) in [5, 5.41) is 4.41. The molecule has 0 bridgehead atoms. The maximum atomic E-state index is 12.3. The van der Waals surface area contributed by atoms with Gasteiger partial charge >= 0.3 is 0 Å². The SMILES string of the molecule is Cc1c(S(=O)(=O)Nc2ccc(Cl)cc2)c(N)nn1C. The fourth-order valence-corrected chi connectivity index (χ4v) is 3.18. The molecule has 1 aromatic carbocycles. The van der Waals surface area contributed by atoms with Crippen molar-refractivity contribution >= 4 is 33.1 Å². The standard InChI is InChI=1S/C11H13ClN4O2S/c1-7-10(11(13)14-16(7)2)19(17,18)15-9-5-3-8(12)4-6-9/h3-6,15H,1-2H3,(H2,13,14). The zero-order chi connectivity index (χ0) is 14.2. The van der Waals surface area contributed by atoms with Gasteiger partial charge in [-0.25, -0.2) is 8.42 Å². The van der Waals surface area contributed by atoms with E-state index in [0.717, 1.165) is 0 Å². The number of nitrogens with zero attached hydrogens (tertiary/aromatic N) is 2. The van der Waals surface area contributed by atoms with Crippen LogP contribution < -0.4 is 10.5 Å². The van der Waals surface area contributed by atoms with Gasteiger partial charge in [0.25, 0.3) is 10.0 Å². The highest BCUT2D eigenvalue weighted by molar-refractivity contribution is 7.93. The zero-order valence-electron chi connectivity index (χ0n) is 10.4. The number of rotatable bonds is 3. The lowest BCUT2D eigenvalue weighted by Crippen LogP contribution is -2.15. The van der Waals surface area contributed by atoms with Gasteiger partial charge in [-0.15, -0.1) is 0 Å². The number of aryl methyl sites for hydroxylation is 1. The van der Waals surface area contributed by atoms with Crippen molar-refractivity contribution in [1.29, 1.82) is 0 Å². The molecule has 1 heterocycles. The van der Waals surface area contributed by atoms with Crippen LogP contribution in [0, 0.1) is 6.92 Å². The molecule has 1 aromatic heterocycles. The Balaban J connectivity index is 2.40. The summed E-state index contributed by atoms with van der Waals surface area (Å²) in [4.78, 5) is -0.00931. The van der Waals surface area contributed by atoms with Crippen molar-refractivity contribution in [3.8, 4) is 0 Å². The molecule has 0 radical (unpaired) electrons. The second-order valence-corrected chi connectivity index (χ2v) is 6.09. The Kier molecular flexibility index (Phi) is 3.42. The molecule has 0 fully saturated rings. The quantitative estimate of drug-likeness (QED) is 0.904. The van der Waals surface area contributed by atoms with E-state index in [9.17, 15) is 8.42 Å². The Morgan fingerprint density at radius 1 is 1.32 bits per heavy atom. The molecule has 0 amide bonds. The molecule has 0 unspecified atom stereocenters. The smallest absolute Gasteiger partial charge is 0.267 e. The number of hydrogen-bond acceptors (Lipinski definition) is 4. The first-order valence-corrected chi connectivity index (χ1v) is 7.25. The summed E-state index contributed by atoms with van der Waals surface area (Å²) in [6.07, 6.45) is 0. The van der Waals surface area contributed by atoms with Gasteiger partial charge in [0, 0.05) is 17.8 Å². The zero-order valence-corrected chi connectivity index (χ0v) is 12.0. The van der Waals surface area contributed by atoms with Crippen LogP contribution in [0.1, 0.15) is 5.69 Å². The van der Waals surface area contributed by atoms with Crippen LogP contribution in [0.3, 0.4) is 0 Å². The molecular formula is C11H13ClN4O2S. The second kappa shape index (κ2) is 4.75. The van der Waals surface area contributed by atoms with Gasteiger partial charge in [-0.1, -0.05) is 11.6 Å². The van der Waals surface area contributed by atoms with Crippen molar-refractivity contribution in [2.45, 2.75) is 11.8 Å². The maximum Gasteiger partial charge on any atom is 0.267 e. The Hall–Kier alpha value is -1.73. The molecule has 6 nitrogen and oxygen atoms in total. The average molecular weight is 301 g/mol. The van der Waals surface area contributed by atoms with Gasteiger partial charge in [0.1, 0.15) is 0 Å². The van der Waals surface area contributed by atoms with Crippen LogP contribution in [-0.2, 0) is 17.1 Å². The van der Waals surface area contributed by atoms with E-state index in [4.69, 9.17) is 17.3 Å². The molecule has 2 aromatic rings. The maximum absolute atomic E-state index is 12.3. The van der Waals surface area contributed by atoms with E-state index in [1.165, 1.54) is 4.68 Å². The van der Waals surface area contributed by atoms with Gasteiger partial charge in [0.2, 0.25) is 0 Å². The molecule has 0 aliphatic heterocycles. The lowest BCUT2D eigenvalue weighted by molar-refractivity contribution is 0.600. The van der Waals surface area contributed by atoms with Crippen LogP contribution in [0.4, 0.5) is 11.5 Å². The minimum Gasteiger partial charge on any atom is -0.381 e. The van der Waals surface area contributed by atoms with E-state index in [2.05, 4.69) is 9.82 Å². The minimum atomic E-state index is -3.77. The molecule has 0 aliphatic carbocycles. The van der Waals surface area contributed by atoms with Gasteiger partial charge in [0.15, 0.2) is 10.7 Å². The number of sulfonamides is 1. The fraction of sp³-hybridized carbons (Fsp3) is 0.182. The highest BCUT2D eigenvalue weighted by Crippen LogP contribution is 2.24. The molecule has 8 heteroatoms. The van der Waals surface area contributed by atoms with Crippen LogP contribution in [0.5, 0.6) is 0 Å². The number of nitrogens with two attached hydrogens (primary N) is 1. The predicted molar refractivity (Wildman–Crippen MR) is 74.6 cm³/mol. The molecule has 3 N–H and O–H groups in total. The van der Waals surface area contributed by atoms with E-state index in [1.807, 2.05) is 0 Å². The van der Waals surface area contributed by atoms with Crippen LogP contribution in [-0.4, -0.2) is 18.2 Å². The van der Waals surface area contributed by atoms with Crippen LogP contribution in [0.25, 0.3) is 0 Å². The summed E-state index contributed by atoms with van der Waals surface area (Å²) in [6, 6.07) is 6.33. The van der Waals surface area contributed by atoms with Crippen molar-refractivity contribution in [1.82, 2.24) is 9.78 Å². The number of nitrogens with one attached hydrogen (secondary N) is 1. The Morgan fingerprint density at radius 2 is 1.89 bits per heavy atom. The van der Waals surface area contributed by atoms with E-state index < -0.39 is 10.0 Å². The second-order valence-electron chi connectivity index (χ2n) is 4.04. The summed E-state index contributed by atoms with van der Waals surface area (Å²) in [6.45, 7) is 1.64. The molecule has 102 valence electrons. The Bertz CT molecular complexity index is 707. The lowest BCUT2D eigenvalue weighted by Gasteiger charge is -2.08. The number of aromatic nitrogens is 2. The summed E-state index contributed by atoms with van der Waals surface area (Å²) < 4.78 is 28.4. The van der Waals surface area contributed by atoms with E-state index in [1.54, 1.807) is 38.2 Å². The molecule has 0 atom stereocenters. The van der Waals surface area contributed by atoms with Gasteiger partial charge in [0.05, 0.1) is 5.69 Å². The summed E-state index contributed by atoms with van der Waals surface area (Å²) in [5.41, 5.74) is 6.51. The number of nitrogen functional groups attached to an aromatic ring is 1. The first kappa shape index (κ1) is 13.7. The highest BCUT2D eigenvalue weighted by atomic mass is 35.5.